The van der Waals surface area contributed by atoms with E-state index >= 15 is 0 Å². The maximum absolute atomic E-state index is 12.6. The summed E-state index contributed by atoms with van der Waals surface area (Å²) in [5.74, 6) is 1.55. The second-order valence-electron chi connectivity index (χ2n) is 7.75. The van der Waals surface area contributed by atoms with Gasteiger partial charge >= 0.3 is 6.03 Å². The number of urea groups is 1. The lowest BCUT2D eigenvalue weighted by molar-refractivity contribution is 0.143. The molecule has 24 heavy (non-hydrogen) atoms. The van der Waals surface area contributed by atoms with Gasteiger partial charge in [-0.25, -0.2) is 4.79 Å². The minimum absolute atomic E-state index is 0.103. The number of pyridine rings is 1. The van der Waals surface area contributed by atoms with Crippen molar-refractivity contribution >= 4 is 6.03 Å². The number of hydrogen-bond donors (Lipinski definition) is 3. The summed E-state index contributed by atoms with van der Waals surface area (Å²) in [7, 11) is 0. The Kier molecular flexibility index (Phi) is 5.09. The standard InChI is InChI=1S/C19H29N3O2/c1-11(2)16(17-12(3)5-4-8-20-17)21-19(24)22-18-14-7-6-13(9-14)15(18)10-23/h4-5,8,11,13-16,18,23H,6-7,9-10H2,1-3H3,(H2,21,22,24). The lowest BCUT2D eigenvalue weighted by Gasteiger charge is -2.31. The Morgan fingerprint density at radius 1 is 1.38 bits per heavy atom. The maximum Gasteiger partial charge on any atom is 0.315 e. The van der Waals surface area contributed by atoms with Gasteiger partial charge in [0.15, 0.2) is 0 Å². The zero-order valence-electron chi connectivity index (χ0n) is 14.8. The van der Waals surface area contributed by atoms with Crippen molar-refractivity contribution in [1.29, 1.82) is 0 Å². The zero-order chi connectivity index (χ0) is 17.3. The molecule has 1 aromatic rings. The van der Waals surface area contributed by atoms with Crippen LogP contribution < -0.4 is 10.6 Å². The van der Waals surface area contributed by atoms with E-state index in [1.54, 1.807) is 6.20 Å². The Labute approximate surface area is 144 Å². The zero-order valence-corrected chi connectivity index (χ0v) is 14.8. The summed E-state index contributed by atoms with van der Waals surface area (Å²) in [4.78, 5) is 17.1. The third-order valence-corrected chi connectivity index (χ3v) is 5.89. The number of amides is 2. The monoisotopic (exact) mass is 331 g/mol. The first-order valence-corrected chi connectivity index (χ1v) is 9.10. The normalized spacial score (nSPS) is 29.7. The predicted octanol–water partition coefficient (Wildman–Crippen LogP) is 2.79. The number of aliphatic hydroxyl groups is 1. The van der Waals surface area contributed by atoms with Crippen molar-refractivity contribution in [2.24, 2.45) is 23.7 Å². The molecule has 0 aromatic carbocycles. The molecule has 5 atom stereocenters. The van der Waals surface area contributed by atoms with Crippen LogP contribution in [0.5, 0.6) is 0 Å². The van der Waals surface area contributed by atoms with Gasteiger partial charge in [0.25, 0.3) is 0 Å². The van der Waals surface area contributed by atoms with E-state index in [-0.39, 0.29) is 36.6 Å². The van der Waals surface area contributed by atoms with Crippen LogP contribution in [0.4, 0.5) is 4.79 Å². The summed E-state index contributed by atoms with van der Waals surface area (Å²) in [5.41, 5.74) is 2.01. The van der Waals surface area contributed by atoms with Gasteiger partial charge in [-0.3, -0.25) is 4.98 Å². The third kappa shape index (κ3) is 3.27. The van der Waals surface area contributed by atoms with Crippen LogP contribution in [0.1, 0.15) is 50.4 Å². The molecule has 5 nitrogen and oxygen atoms in total. The van der Waals surface area contributed by atoms with E-state index in [4.69, 9.17) is 0 Å². The molecule has 0 spiro atoms. The molecule has 2 bridgehead atoms. The van der Waals surface area contributed by atoms with Crippen molar-refractivity contribution in [3.63, 3.8) is 0 Å². The van der Waals surface area contributed by atoms with Crippen LogP contribution in [-0.2, 0) is 0 Å². The van der Waals surface area contributed by atoms with Crippen molar-refractivity contribution < 1.29 is 9.90 Å². The largest absolute Gasteiger partial charge is 0.396 e. The lowest BCUT2D eigenvalue weighted by Crippen LogP contribution is -2.50. The first kappa shape index (κ1) is 17.2. The van der Waals surface area contributed by atoms with Crippen LogP contribution in [0.2, 0.25) is 0 Å². The molecule has 3 rings (SSSR count). The van der Waals surface area contributed by atoms with Crippen LogP contribution in [0, 0.1) is 30.6 Å². The summed E-state index contributed by atoms with van der Waals surface area (Å²) in [6.07, 6.45) is 5.27. The highest BCUT2D eigenvalue weighted by molar-refractivity contribution is 5.75. The SMILES string of the molecule is Cc1cccnc1C(NC(=O)NC1C2CCC(C2)C1CO)C(C)C. The smallest absolute Gasteiger partial charge is 0.315 e. The van der Waals surface area contributed by atoms with Crippen molar-refractivity contribution in [2.75, 3.05) is 6.61 Å². The average molecular weight is 331 g/mol. The molecule has 0 radical (unpaired) electrons. The number of carbonyl (C=O) groups excluding carboxylic acids is 1. The maximum atomic E-state index is 12.6. The molecular formula is C19H29N3O2. The highest BCUT2D eigenvalue weighted by Crippen LogP contribution is 2.48. The molecule has 2 aliphatic carbocycles. The van der Waals surface area contributed by atoms with E-state index in [2.05, 4.69) is 29.5 Å². The van der Waals surface area contributed by atoms with E-state index < -0.39 is 0 Å². The van der Waals surface area contributed by atoms with E-state index in [0.29, 0.717) is 11.8 Å². The number of hydrogen-bond acceptors (Lipinski definition) is 3. The fourth-order valence-corrected chi connectivity index (χ4v) is 4.61. The summed E-state index contributed by atoms with van der Waals surface area (Å²) in [6, 6.07) is 3.78. The van der Waals surface area contributed by atoms with Crippen molar-refractivity contribution in [3.05, 3.63) is 29.6 Å². The average Bonchev–Trinajstić information content (AvgIpc) is 3.14. The van der Waals surface area contributed by atoms with Gasteiger partial charge in [-0.2, -0.15) is 0 Å². The molecule has 2 fully saturated rings. The Balaban J connectivity index is 1.67. The van der Waals surface area contributed by atoms with E-state index in [0.717, 1.165) is 17.7 Å². The molecule has 132 valence electrons. The summed E-state index contributed by atoms with van der Waals surface area (Å²) >= 11 is 0. The molecule has 5 heteroatoms. The molecule has 1 aromatic heterocycles. The van der Waals surface area contributed by atoms with E-state index in [1.165, 1.54) is 12.8 Å². The van der Waals surface area contributed by atoms with Crippen LogP contribution >= 0.6 is 0 Å². The van der Waals surface area contributed by atoms with E-state index in [9.17, 15) is 9.90 Å². The molecule has 2 aliphatic rings. The van der Waals surface area contributed by atoms with Crippen LogP contribution in [-0.4, -0.2) is 28.8 Å². The van der Waals surface area contributed by atoms with Gasteiger partial charge in [0.05, 0.1) is 11.7 Å². The lowest BCUT2D eigenvalue weighted by atomic mass is 9.85. The quantitative estimate of drug-likeness (QED) is 0.777. The number of carbonyl (C=O) groups is 1. The number of aliphatic hydroxyl groups excluding tert-OH is 1. The summed E-state index contributed by atoms with van der Waals surface area (Å²) in [6.45, 7) is 6.37. The van der Waals surface area contributed by atoms with Gasteiger partial charge in [-0.05, 0) is 55.6 Å². The van der Waals surface area contributed by atoms with Crippen LogP contribution in [0.25, 0.3) is 0 Å². The fraction of sp³-hybridized carbons (Fsp3) is 0.684. The van der Waals surface area contributed by atoms with Crippen LogP contribution in [0.15, 0.2) is 18.3 Å². The van der Waals surface area contributed by atoms with Gasteiger partial charge in [0, 0.05) is 24.8 Å². The second kappa shape index (κ2) is 7.09. The topological polar surface area (TPSA) is 74.2 Å². The molecule has 2 amide bonds. The van der Waals surface area contributed by atoms with Crippen molar-refractivity contribution in [1.82, 2.24) is 15.6 Å². The van der Waals surface area contributed by atoms with Gasteiger partial charge < -0.3 is 15.7 Å². The van der Waals surface area contributed by atoms with Gasteiger partial charge in [0.1, 0.15) is 0 Å². The number of nitrogens with zero attached hydrogens (tertiary/aromatic N) is 1. The minimum Gasteiger partial charge on any atom is -0.396 e. The van der Waals surface area contributed by atoms with Crippen molar-refractivity contribution in [2.45, 2.75) is 52.1 Å². The number of nitrogens with one attached hydrogen (secondary N) is 2. The summed E-state index contributed by atoms with van der Waals surface area (Å²) < 4.78 is 0. The molecule has 3 N–H and O–H groups in total. The molecule has 0 saturated heterocycles. The fourth-order valence-electron chi connectivity index (χ4n) is 4.61. The summed E-state index contributed by atoms with van der Waals surface area (Å²) in [5, 5.41) is 15.9. The number of aromatic nitrogens is 1. The Morgan fingerprint density at radius 3 is 2.79 bits per heavy atom. The first-order valence-electron chi connectivity index (χ1n) is 9.10. The van der Waals surface area contributed by atoms with E-state index in [1.807, 2.05) is 19.1 Å². The number of aryl methyl sites for hydroxylation is 1. The van der Waals surface area contributed by atoms with Crippen molar-refractivity contribution in [3.8, 4) is 0 Å². The molecule has 2 saturated carbocycles. The first-order chi connectivity index (χ1) is 11.5. The molecular weight excluding hydrogens is 302 g/mol. The second-order valence-corrected chi connectivity index (χ2v) is 7.75. The molecule has 5 unspecified atom stereocenters. The molecule has 1 heterocycles. The highest BCUT2D eigenvalue weighted by atomic mass is 16.3. The minimum atomic E-state index is -0.144. The number of rotatable bonds is 5. The Hall–Kier alpha value is -1.62. The van der Waals surface area contributed by atoms with Crippen LogP contribution in [0.3, 0.4) is 0 Å². The number of fused-ring (bicyclic) bond motifs is 2. The Morgan fingerprint density at radius 2 is 2.12 bits per heavy atom. The predicted molar refractivity (Wildman–Crippen MR) is 93.4 cm³/mol. The Bertz CT molecular complexity index is 590. The molecule has 0 aliphatic heterocycles. The van der Waals surface area contributed by atoms with Gasteiger partial charge in [-0.15, -0.1) is 0 Å². The van der Waals surface area contributed by atoms with Gasteiger partial charge in [0.2, 0.25) is 0 Å². The third-order valence-electron chi connectivity index (χ3n) is 5.89. The van der Waals surface area contributed by atoms with Gasteiger partial charge in [-0.1, -0.05) is 19.9 Å². The highest BCUT2D eigenvalue weighted by Gasteiger charge is 2.47.